The molecule has 2 N–H and O–H groups in total. The van der Waals surface area contributed by atoms with E-state index in [1.54, 1.807) is 0 Å². The lowest BCUT2D eigenvalue weighted by molar-refractivity contribution is 0.0923. The predicted octanol–water partition coefficient (Wildman–Crippen LogP) is 2.95. The molecule has 1 fully saturated rings. The van der Waals surface area contributed by atoms with E-state index in [0.29, 0.717) is 12.1 Å². The van der Waals surface area contributed by atoms with Gasteiger partial charge in [-0.2, -0.15) is 0 Å². The van der Waals surface area contributed by atoms with E-state index in [4.69, 9.17) is 0 Å². The summed E-state index contributed by atoms with van der Waals surface area (Å²) in [4.78, 5) is 12.3. The first-order valence-electron chi connectivity index (χ1n) is 7.71. The molecule has 2 rings (SSSR count). The average Bonchev–Trinajstić information content (AvgIpc) is 2.41. The summed E-state index contributed by atoms with van der Waals surface area (Å²) in [5, 5.41) is 6.68. The molecule has 1 aliphatic carbocycles. The first-order valence-corrected chi connectivity index (χ1v) is 7.71. The SMILES string of the molecule is CCNC1CCC(NC(=O)c2ccc(C)cc2C)CC1. The van der Waals surface area contributed by atoms with Crippen LogP contribution in [0.2, 0.25) is 0 Å². The number of aryl methyl sites for hydroxylation is 2. The largest absolute Gasteiger partial charge is 0.349 e. The summed E-state index contributed by atoms with van der Waals surface area (Å²) >= 11 is 0. The number of hydrogen-bond donors (Lipinski definition) is 2. The summed E-state index contributed by atoms with van der Waals surface area (Å²) in [6.07, 6.45) is 4.47. The van der Waals surface area contributed by atoms with Gasteiger partial charge in [0, 0.05) is 17.6 Å². The predicted molar refractivity (Wildman–Crippen MR) is 83.1 cm³/mol. The maximum Gasteiger partial charge on any atom is 0.251 e. The second kappa shape index (κ2) is 6.89. The molecule has 0 unspecified atom stereocenters. The molecule has 0 aromatic heterocycles. The Balaban J connectivity index is 1.89. The molecule has 3 heteroatoms. The molecule has 0 bridgehead atoms. The van der Waals surface area contributed by atoms with Crippen LogP contribution < -0.4 is 10.6 Å². The van der Waals surface area contributed by atoms with Crippen molar-refractivity contribution >= 4 is 5.91 Å². The normalized spacial score (nSPS) is 22.6. The van der Waals surface area contributed by atoms with Gasteiger partial charge in [-0.15, -0.1) is 0 Å². The van der Waals surface area contributed by atoms with Crippen LogP contribution in [0.5, 0.6) is 0 Å². The van der Waals surface area contributed by atoms with Crippen LogP contribution in [-0.2, 0) is 0 Å². The van der Waals surface area contributed by atoms with Crippen LogP contribution in [0.25, 0.3) is 0 Å². The summed E-state index contributed by atoms with van der Waals surface area (Å²) in [5.41, 5.74) is 3.07. The van der Waals surface area contributed by atoms with Gasteiger partial charge < -0.3 is 10.6 Å². The molecular weight excluding hydrogens is 248 g/mol. The highest BCUT2D eigenvalue weighted by atomic mass is 16.1. The summed E-state index contributed by atoms with van der Waals surface area (Å²) in [6.45, 7) is 7.24. The fraction of sp³-hybridized carbons (Fsp3) is 0.588. The van der Waals surface area contributed by atoms with Crippen LogP contribution in [0.3, 0.4) is 0 Å². The quantitative estimate of drug-likeness (QED) is 0.886. The highest BCUT2D eigenvalue weighted by Crippen LogP contribution is 2.19. The molecule has 0 saturated heterocycles. The molecule has 1 aromatic rings. The highest BCUT2D eigenvalue weighted by molar-refractivity contribution is 5.95. The number of carbonyl (C=O) groups is 1. The smallest absolute Gasteiger partial charge is 0.251 e. The monoisotopic (exact) mass is 274 g/mol. The third kappa shape index (κ3) is 3.83. The van der Waals surface area contributed by atoms with Gasteiger partial charge in [0.25, 0.3) is 5.91 Å². The molecule has 0 heterocycles. The Morgan fingerprint density at radius 2 is 1.80 bits per heavy atom. The minimum absolute atomic E-state index is 0.0781. The van der Waals surface area contributed by atoms with Crippen LogP contribution in [0.4, 0.5) is 0 Å². The molecule has 0 atom stereocenters. The Morgan fingerprint density at radius 3 is 2.40 bits per heavy atom. The van der Waals surface area contributed by atoms with Crippen molar-refractivity contribution in [1.82, 2.24) is 10.6 Å². The Kier molecular flexibility index (Phi) is 5.18. The van der Waals surface area contributed by atoms with Gasteiger partial charge >= 0.3 is 0 Å². The van der Waals surface area contributed by atoms with E-state index < -0.39 is 0 Å². The number of rotatable bonds is 4. The number of benzene rings is 1. The summed E-state index contributed by atoms with van der Waals surface area (Å²) in [6, 6.07) is 6.97. The van der Waals surface area contributed by atoms with Gasteiger partial charge in [-0.1, -0.05) is 24.6 Å². The van der Waals surface area contributed by atoms with Gasteiger partial charge in [0.1, 0.15) is 0 Å². The Bertz CT molecular complexity index is 462. The molecule has 1 saturated carbocycles. The first kappa shape index (κ1) is 15.0. The van der Waals surface area contributed by atoms with Crippen molar-refractivity contribution in [2.45, 2.75) is 58.5 Å². The zero-order chi connectivity index (χ0) is 14.5. The second-order valence-corrected chi connectivity index (χ2v) is 5.90. The molecule has 1 aliphatic rings. The van der Waals surface area contributed by atoms with E-state index in [1.165, 1.54) is 5.56 Å². The summed E-state index contributed by atoms with van der Waals surface area (Å²) in [7, 11) is 0. The van der Waals surface area contributed by atoms with E-state index in [0.717, 1.165) is 43.4 Å². The van der Waals surface area contributed by atoms with Crippen LogP contribution >= 0.6 is 0 Å². The van der Waals surface area contributed by atoms with Gasteiger partial charge in [-0.05, 0) is 57.7 Å². The van der Waals surface area contributed by atoms with Crippen LogP contribution in [-0.4, -0.2) is 24.5 Å². The van der Waals surface area contributed by atoms with Crippen molar-refractivity contribution in [3.8, 4) is 0 Å². The summed E-state index contributed by atoms with van der Waals surface area (Å²) < 4.78 is 0. The van der Waals surface area contributed by atoms with Crippen molar-refractivity contribution in [3.63, 3.8) is 0 Å². The number of carbonyl (C=O) groups excluding carboxylic acids is 1. The van der Waals surface area contributed by atoms with Crippen LogP contribution in [0.15, 0.2) is 18.2 Å². The maximum atomic E-state index is 12.3. The third-order valence-corrected chi connectivity index (χ3v) is 4.18. The lowest BCUT2D eigenvalue weighted by atomic mass is 9.91. The number of amides is 1. The number of hydrogen-bond acceptors (Lipinski definition) is 2. The van der Waals surface area contributed by atoms with Gasteiger partial charge in [0.05, 0.1) is 0 Å². The van der Waals surface area contributed by atoms with Gasteiger partial charge in [-0.25, -0.2) is 0 Å². The average molecular weight is 274 g/mol. The Morgan fingerprint density at radius 1 is 1.15 bits per heavy atom. The number of nitrogens with one attached hydrogen (secondary N) is 2. The van der Waals surface area contributed by atoms with E-state index >= 15 is 0 Å². The zero-order valence-electron chi connectivity index (χ0n) is 12.8. The van der Waals surface area contributed by atoms with E-state index in [1.807, 2.05) is 19.1 Å². The first-order chi connectivity index (χ1) is 9.60. The van der Waals surface area contributed by atoms with E-state index in [-0.39, 0.29) is 5.91 Å². The molecule has 0 aliphatic heterocycles. The van der Waals surface area contributed by atoms with Gasteiger partial charge in [0.15, 0.2) is 0 Å². The molecule has 1 aromatic carbocycles. The molecule has 0 radical (unpaired) electrons. The highest BCUT2D eigenvalue weighted by Gasteiger charge is 2.22. The molecule has 1 amide bonds. The van der Waals surface area contributed by atoms with E-state index in [2.05, 4.69) is 30.5 Å². The maximum absolute atomic E-state index is 12.3. The molecular formula is C17H26N2O. The van der Waals surface area contributed by atoms with Crippen LogP contribution in [0, 0.1) is 13.8 Å². The van der Waals surface area contributed by atoms with Crippen LogP contribution in [0.1, 0.15) is 54.1 Å². The fourth-order valence-corrected chi connectivity index (χ4v) is 3.06. The van der Waals surface area contributed by atoms with Crippen molar-refractivity contribution in [1.29, 1.82) is 0 Å². The van der Waals surface area contributed by atoms with Crippen molar-refractivity contribution < 1.29 is 4.79 Å². The fourth-order valence-electron chi connectivity index (χ4n) is 3.06. The van der Waals surface area contributed by atoms with Gasteiger partial charge in [-0.3, -0.25) is 4.79 Å². The van der Waals surface area contributed by atoms with Crippen molar-refractivity contribution in [2.24, 2.45) is 0 Å². The Hall–Kier alpha value is -1.35. The molecule has 0 spiro atoms. The minimum Gasteiger partial charge on any atom is -0.349 e. The molecule has 20 heavy (non-hydrogen) atoms. The standard InChI is InChI=1S/C17H26N2O/c1-4-18-14-6-8-15(9-7-14)19-17(20)16-10-5-12(2)11-13(16)3/h5,10-11,14-15,18H,4,6-9H2,1-3H3,(H,19,20). The van der Waals surface area contributed by atoms with Gasteiger partial charge in [0.2, 0.25) is 0 Å². The van der Waals surface area contributed by atoms with Crippen molar-refractivity contribution in [2.75, 3.05) is 6.54 Å². The topological polar surface area (TPSA) is 41.1 Å². The second-order valence-electron chi connectivity index (χ2n) is 5.90. The van der Waals surface area contributed by atoms with Crippen molar-refractivity contribution in [3.05, 3.63) is 34.9 Å². The lowest BCUT2D eigenvalue weighted by Crippen LogP contribution is -2.42. The third-order valence-electron chi connectivity index (χ3n) is 4.18. The molecule has 110 valence electrons. The molecule has 3 nitrogen and oxygen atoms in total. The van der Waals surface area contributed by atoms with E-state index in [9.17, 15) is 4.79 Å². The summed E-state index contributed by atoms with van der Waals surface area (Å²) in [5.74, 6) is 0.0781. The Labute approximate surface area is 122 Å². The zero-order valence-corrected chi connectivity index (χ0v) is 12.8. The minimum atomic E-state index is 0.0781. The lowest BCUT2D eigenvalue weighted by Gasteiger charge is -2.29.